The highest BCUT2D eigenvalue weighted by atomic mass is 32.2. The second kappa shape index (κ2) is 8.53. The molecular weight excluding hydrogens is 330 g/mol. The first-order valence-electron chi connectivity index (χ1n) is 8.27. The Morgan fingerprint density at radius 3 is 2.72 bits per heavy atom. The standard InChI is InChI=1S/C20H21N3OS/c1-2-13-21-19(24)15-25-20-22-17-10-6-7-11-18(17)23(20)14-12-16-8-4-3-5-9-16/h2-11H,1,12-15H2,(H,21,24). The van der Waals surface area contributed by atoms with E-state index in [9.17, 15) is 4.79 Å². The maximum atomic E-state index is 11.9. The lowest BCUT2D eigenvalue weighted by Gasteiger charge is -2.09. The quantitative estimate of drug-likeness (QED) is 0.497. The average molecular weight is 351 g/mol. The molecule has 3 rings (SSSR count). The molecule has 0 aliphatic rings. The fraction of sp³-hybridized carbons (Fsp3) is 0.200. The molecule has 0 spiro atoms. The molecule has 0 aliphatic carbocycles. The van der Waals surface area contributed by atoms with Crippen LogP contribution in [0.5, 0.6) is 0 Å². The van der Waals surface area contributed by atoms with Gasteiger partial charge in [-0.3, -0.25) is 4.79 Å². The zero-order valence-corrected chi connectivity index (χ0v) is 14.8. The number of benzene rings is 2. The number of rotatable bonds is 8. The van der Waals surface area contributed by atoms with Crippen LogP contribution in [0.15, 0.2) is 72.4 Å². The third-order valence-electron chi connectivity index (χ3n) is 3.86. The van der Waals surface area contributed by atoms with E-state index < -0.39 is 0 Å². The van der Waals surface area contributed by atoms with Gasteiger partial charge in [0.2, 0.25) is 5.91 Å². The van der Waals surface area contributed by atoms with Crippen molar-refractivity contribution in [3.8, 4) is 0 Å². The Labute approximate surface area is 152 Å². The third kappa shape index (κ3) is 4.51. The number of thioether (sulfide) groups is 1. The monoisotopic (exact) mass is 351 g/mol. The fourth-order valence-corrected chi connectivity index (χ4v) is 3.50. The number of amides is 1. The van der Waals surface area contributed by atoms with Crippen molar-refractivity contribution in [3.63, 3.8) is 0 Å². The summed E-state index contributed by atoms with van der Waals surface area (Å²) in [5.41, 5.74) is 3.36. The lowest BCUT2D eigenvalue weighted by Crippen LogP contribution is -2.25. The molecule has 4 nitrogen and oxygen atoms in total. The van der Waals surface area contributed by atoms with Crippen molar-refractivity contribution in [1.29, 1.82) is 0 Å². The summed E-state index contributed by atoms with van der Waals surface area (Å²) in [6, 6.07) is 18.5. The molecule has 0 saturated heterocycles. The zero-order chi connectivity index (χ0) is 17.5. The number of imidazole rings is 1. The van der Waals surface area contributed by atoms with E-state index in [0.29, 0.717) is 12.3 Å². The molecule has 0 aliphatic heterocycles. The van der Waals surface area contributed by atoms with E-state index in [1.165, 1.54) is 17.3 Å². The van der Waals surface area contributed by atoms with Crippen molar-refractivity contribution in [2.75, 3.05) is 12.3 Å². The van der Waals surface area contributed by atoms with Crippen LogP contribution in [0.1, 0.15) is 5.56 Å². The van der Waals surface area contributed by atoms with Crippen LogP contribution in [0.25, 0.3) is 11.0 Å². The highest BCUT2D eigenvalue weighted by Crippen LogP contribution is 2.24. The molecule has 0 atom stereocenters. The van der Waals surface area contributed by atoms with Gasteiger partial charge in [0.25, 0.3) is 0 Å². The molecule has 5 heteroatoms. The van der Waals surface area contributed by atoms with E-state index in [2.05, 4.69) is 46.8 Å². The van der Waals surface area contributed by atoms with Gasteiger partial charge in [-0.05, 0) is 24.1 Å². The molecule has 0 unspecified atom stereocenters. The smallest absolute Gasteiger partial charge is 0.230 e. The third-order valence-corrected chi connectivity index (χ3v) is 4.84. The number of para-hydroxylation sites is 2. The number of carbonyl (C=O) groups is 1. The van der Waals surface area contributed by atoms with E-state index in [0.717, 1.165) is 29.2 Å². The molecule has 0 radical (unpaired) electrons. The van der Waals surface area contributed by atoms with Crippen LogP contribution in [0.2, 0.25) is 0 Å². The molecule has 0 bridgehead atoms. The molecule has 0 saturated carbocycles. The predicted molar refractivity (Wildman–Crippen MR) is 104 cm³/mol. The predicted octanol–water partition coefficient (Wildman–Crippen LogP) is 3.67. The lowest BCUT2D eigenvalue weighted by molar-refractivity contribution is -0.118. The van der Waals surface area contributed by atoms with Gasteiger partial charge in [-0.2, -0.15) is 0 Å². The van der Waals surface area contributed by atoms with Gasteiger partial charge in [-0.15, -0.1) is 6.58 Å². The van der Waals surface area contributed by atoms with E-state index in [1.54, 1.807) is 6.08 Å². The summed E-state index contributed by atoms with van der Waals surface area (Å²) in [5, 5.41) is 3.68. The van der Waals surface area contributed by atoms with Gasteiger partial charge >= 0.3 is 0 Å². The van der Waals surface area contributed by atoms with E-state index >= 15 is 0 Å². The number of hydrogen-bond donors (Lipinski definition) is 1. The Bertz CT molecular complexity index is 858. The number of carbonyl (C=O) groups excluding carboxylic acids is 1. The Morgan fingerprint density at radius 1 is 1.16 bits per heavy atom. The lowest BCUT2D eigenvalue weighted by atomic mass is 10.1. The first kappa shape index (κ1) is 17.3. The first-order chi connectivity index (χ1) is 12.3. The van der Waals surface area contributed by atoms with E-state index in [1.807, 2.05) is 24.3 Å². The number of aromatic nitrogens is 2. The number of fused-ring (bicyclic) bond motifs is 1. The van der Waals surface area contributed by atoms with Crippen molar-refractivity contribution >= 4 is 28.7 Å². The maximum absolute atomic E-state index is 11.9. The maximum Gasteiger partial charge on any atom is 0.230 e. The van der Waals surface area contributed by atoms with Crippen molar-refractivity contribution in [2.24, 2.45) is 0 Å². The summed E-state index contributed by atoms with van der Waals surface area (Å²) in [4.78, 5) is 16.6. The summed E-state index contributed by atoms with van der Waals surface area (Å²) in [5.74, 6) is 0.342. The van der Waals surface area contributed by atoms with Gasteiger partial charge in [-0.25, -0.2) is 4.98 Å². The fourth-order valence-electron chi connectivity index (χ4n) is 2.63. The molecule has 0 fully saturated rings. The van der Waals surface area contributed by atoms with Crippen LogP contribution in [0.4, 0.5) is 0 Å². The number of nitrogens with one attached hydrogen (secondary N) is 1. The Morgan fingerprint density at radius 2 is 1.92 bits per heavy atom. The Kier molecular flexibility index (Phi) is 5.90. The highest BCUT2D eigenvalue weighted by molar-refractivity contribution is 7.99. The molecule has 2 aromatic carbocycles. The average Bonchev–Trinajstić information content (AvgIpc) is 3.01. The van der Waals surface area contributed by atoms with Crippen LogP contribution < -0.4 is 5.32 Å². The highest BCUT2D eigenvalue weighted by Gasteiger charge is 2.12. The van der Waals surface area contributed by atoms with Crippen LogP contribution >= 0.6 is 11.8 Å². The van der Waals surface area contributed by atoms with Crippen LogP contribution in [-0.2, 0) is 17.8 Å². The van der Waals surface area contributed by atoms with Gasteiger partial charge in [0.15, 0.2) is 5.16 Å². The molecule has 25 heavy (non-hydrogen) atoms. The Hall–Kier alpha value is -2.53. The topological polar surface area (TPSA) is 46.9 Å². The minimum Gasteiger partial charge on any atom is -0.352 e. The SMILES string of the molecule is C=CCNC(=O)CSc1nc2ccccc2n1CCc1ccccc1. The van der Waals surface area contributed by atoms with Crippen molar-refractivity contribution < 1.29 is 4.79 Å². The summed E-state index contributed by atoms with van der Waals surface area (Å²) >= 11 is 1.47. The normalized spacial score (nSPS) is 10.7. The Balaban J connectivity index is 1.77. The van der Waals surface area contributed by atoms with Gasteiger partial charge in [-0.1, -0.05) is 60.3 Å². The number of aryl methyl sites for hydroxylation is 2. The molecule has 3 aromatic rings. The minimum atomic E-state index is -0.00781. The molecule has 128 valence electrons. The van der Waals surface area contributed by atoms with Crippen molar-refractivity contribution in [3.05, 3.63) is 72.8 Å². The minimum absolute atomic E-state index is 0.00781. The van der Waals surface area contributed by atoms with Crippen LogP contribution in [-0.4, -0.2) is 27.8 Å². The van der Waals surface area contributed by atoms with Crippen LogP contribution in [0, 0.1) is 0 Å². The van der Waals surface area contributed by atoms with Gasteiger partial charge in [0.05, 0.1) is 16.8 Å². The van der Waals surface area contributed by atoms with Gasteiger partial charge in [0, 0.05) is 13.1 Å². The van der Waals surface area contributed by atoms with Crippen LogP contribution in [0.3, 0.4) is 0 Å². The summed E-state index contributed by atoms with van der Waals surface area (Å²) in [7, 11) is 0. The second-order valence-corrected chi connectivity index (χ2v) is 6.59. The first-order valence-corrected chi connectivity index (χ1v) is 9.26. The molecule has 1 aromatic heterocycles. The van der Waals surface area contributed by atoms with E-state index in [-0.39, 0.29) is 5.91 Å². The summed E-state index contributed by atoms with van der Waals surface area (Å²) < 4.78 is 2.20. The summed E-state index contributed by atoms with van der Waals surface area (Å²) in [6.07, 6.45) is 2.61. The largest absolute Gasteiger partial charge is 0.352 e. The molecular formula is C20H21N3OS. The molecule has 1 N–H and O–H groups in total. The molecule has 1 amide bonds. The summed E-state index contributed by atoms with van der Waals surface area (Å²) in [6.45, 7) is 4.93. The van der Waals surface area contributed by atoms with E-state index in [4.69, 9.17) is 4.98 Å². The van der Waals surface area contributed by atoms with Gasteiger partial charge < -0.3 is 9.88 Å². The van der Waals surface area contributed by atoms with Crippen molar-refractivity contribution in [1.82, 2.24) is 14.9 Å². The number of hydrogen-bond acceptors (Lipinski definition) is 3. The number of nitrogens with zero attached hydrogens (tertiary/aromatic N) is 2. The molecule has 1 heterocycles. The van der Waals surface area contributed by atoms with Crippen molar-refractivity contribution in [2.45, 2.75) is 18.1 Å². The van der Waals surface area contributed by atoms with Gasteiger partial charge in [0.1, 0.15) is 0 Å². The second-order valence-electron chi connectivity index (χ2n) is 5.65. The zero-order valence-electron chi connectivity index (χ0n) is 14.0.